The Morgan fingerprint density at radius 3 is 2.59 bits per heavy atom. The second-order valence-electron chi connectivity index (χ2n) is 9.11. The molecule has 2 atom stereocenters. The van der Waals surface area contributed by atoms with Gasteiger partial charge in [0, 0.05) is 0 Å². The van der Waals surface area contributed by atoms with Crippen LogP contribution in [0, 0.1) is 11.8 Å². The summed E-state index contributed by atoms with van der Waals surface area (Å²) in [6.45, 7) is 11.0. The molecule has 0 amide bonds. The monoisotopic (exact) mass is 452 g/mol. The van der Waals surface area contributed by atoms with Crippen molar-refractivity contribution < 1.29 is 9.22 Å². The summed E-state index contributed by atoms with van der Waals surface area (Å²) in [4.78, 5) is 13.2. The third kappa shape index (κ3) is 6.92. The van der Waals surface area contributed by atoms with Gasteiger partial charge in [-0.3, -0.25) is 0 Å². The summed E-state index contributed by atoms with van der Waals surface area (Å²) >= 11 is 0.422. The number of rotatable bonds is 7. The van der Waals surface area contributed by atoms with Crippen molar-refractivity contribution in [3.8, 4) is 0 Å². The maximum atomic E-state index is 13.2. The molecule has 0 saturated carbocycles. The zero-order valence-corrected chi connectivity index (χ0v) is 20.4. The predicted molar refractivity (Wildman–Crippen MR) is 119 cm³/mol. The van der Waals surface area contributed by atoms with Crippen LogP contribution in [0.3, 0.4) is 0 Å². The average Bonchev–Trinajstić information content (AvgIpc) is 2.87. The molecule has 150 valence electrons. The Balaban J connectivity index is 2.07. The van der Waals surface area contributed by atoms with E-state index in [4.69, 9.17) is 4.43 Å². The van der Waals surface area contributed by atoms with Gasteiger partial charge in [0.25, 0.3) is 0 Å². The van der Waals surface area contributed by atoms with Crippen molar-refractivity contribution in [2.45, 2.75) is 76.3 Å². The summed E-state index contributed by atoms with van der Waals surface area (Å²) in [7, 11) is -2.08. The van der Waals surface area contributed by atoms with E-state index < -0.39 is 8.32 Å². The van der Waals surface area contributed by atoms with Crippen LogP contribution in [0.4, 0.5) is 0 Å². The van der Waals surface area contributed by atoms with E-state index >= 15 is 0 Å². The number of hydrogen-bond acceptors (Lipinski definition) is 2. The zero-order chi connectivity index (χ0) is 19.9. The molecule has 0 aliphatic heterocycles. The molecule has 1 aliphatic rings. The topological polar surface area (TPSA) is 26.3 Å². The van der Waals surface area contributed by atoms with E-state index in [9.17, 15) is 4.79 Å². The number of benzene rings is 1. The van der Waals surface area contributed by atoms with Gasteiger partial charge < -0.3 is 0 Å². The fourth-order valence-corrected chi connectivity index (χ4v) is 6.12. The van der Waals surface area contributed by atoms with Crippen LogP contribution in [0.1, 0.15) is 52.9 Å². The van der Waals surface area contributed by atoms with Crippen molar-refractivity contribution in [1.82, 2.24) is 0 Å². The molecule has 2 nitrogen and oxygen atoms in total. The van der Waals surface area contributed by atoms with Crippen molar-refractivity contribution >= 4 is 33.7 Å². The summed E-state index contributed by atoms with van der Waals surface area (Å²) in [5.41, 5.74) is 0. The number of allylic oxidation sites excluding steroid dienone is 2. The Morgan fingerprint density at radius 2 is 1.93 bits per heavy atom. The fourth-order valence-electron chi connectivity index (χ4n) is 3.15. The van der Waals surface area contributed by atoms with Gasteiger partial charge in [-0.1, -0.05) is 0 Å². The van der Waals surface area contributed by atoms with Gasteiger partial charge in [-0.05, 0) is 0 Å². The van der Waals surface area contributed by atoms with Crippen LogP contribution >= 0.6 is 0 Å². The van der Waals surface area contributed by atoms with Gasteiger partial charge in [0.15, 0.2) is 0 Å². The van der Waals surface area contributed by atoms with Crippen molar-refractivity contribution in [3.63, 3.8) is 0 Å². The maximum absolute atomic E-state index is 13.2. The summed E-state index contributed by atoms with van der Waals surface area (Å²) in [6, 6.07) is 10.7. The standard InChI is InChI=1S/C23H36O2SeSi/c1-23(2,3)27(4,5)25-22(24)21(19-13-9-6-7-10-14-19)17-18-26-20-15-11-8-12-16-20/h8-9,11-13,15-16,19,21H,6-7,10,14,17-18H2,1-5H3/t19-,21?/m1/s1. The summed E-state index contributed by atoms with van der Waals surface area (Å²) in [5.74, 6) is 0.414. The third-order valence-electron chi connectivity index (χ3n) is 5.96. The summed E-state index contributed by atoms with van der Waals surface area (Å²) in [5, 5.41) is 1.15. The van der Waals surface area contributed by atoms with E-state index in [2.05, 4.69) is 76.3 Å². The van der Waals surface area contributed by atoms with Crippen LogP contribution in [0.2, 0.25) is 23.5 Å². The van der Waals surface area contributed by atoms with Crippen LogP contribution < -0.4 is 4.46 Å². The molecule has 1 aromatic carbocycles. The van der Waals surface area contributed by atoms with Crippen molar-refractivity contribution in [3.05, 3.63) is 42.5 Å². The van der Waals surface area contributed by atoms with E-state index in [1.807, 2.05) is 0 Å². The first-order chi connectivity index (χ1) is 12.7. The molecule has 0 fully saturated rings. The molecule has 0 saturated heterocycles. The molecule has 0 N–H and O–H groups in total. The molecule has 0 aromatic heterocycles. The first-order valence-corrected chi connectivity index (χ1v) is 15.3. The van der Waals surface area contributed by atoms with Crippen LogP contribution in [0.25, 0.3) is 0 Å². The molecule has 1 aromatic rings. The third-order valence-corrected chi connectivity index (χ3v) is 12.5. The van der Waals surface area contributed by atoms with E-state index in [-0.39, 0.29) is 16.9 Å². The summed E-state index contributed by atoms with van der Waals surface area (Å²) < 4.78 is 7.65. The minimum absolute atomic E-state index is 0.0130. The quantitative estimate of drug-likeness (QED) is 0.391. The van der Waals surface area contributed by atoms with Gasteiger partial charge in [-0.25, -0.2) is 0 Å². The molecule has 27 heavy (non-hydrogen) atoms. The Labute approximate surface area is 173 Å². The molecule has 0 heterocycles. The van der Waals surface area contributed by atoms with Crippen LogP contribution in [-0.2, 0) is 9.22 Å². The molecular weight excluding hydrogens is 415 g/mol. The van der Waals surface area contributed by atoms with Crippen molar-refractivity contribution in [2.24, 2.45) is 11.8 Å². The molecular formula is C23H36O2SeSi. The van der Waals surface area contributed by atoms with Gasteiger partial charge in [0.05, 0.1) is 0 Å². The second-order valence-corrected chi connectivity index (χ2v) is 16.3. The van der Waals surface area contributed by atoms with Crippen LogP contribution in [-0.4, -0.2) is 29.2 Å². The SMILES string of the molecule is CC(C)(C)[Si](C)(C)OC(=O)C(CC[Se]c1ccccc1)[C@@H]1C=CCCCC1. The first-order valence-electron chi connectivity index (χ1n) is 10.3. The van der Waals surface area contributed by atoms with Gasteiger partial charge in [0.1, 0.15) is 0 Å². The zero-order valence-electron chi connectivity index (χ0n) is 17.7. The van der Waals surface area contributed by atoms with E-state index in [1.54, 1.807) is 0 Å². The van der Waals surface area contributed by atoms with E-state index in [0.29, 0.717) is 20.9 Å². The molecule has 1 aliphatic carbocycles. The van der Waals surface area contributed by atoms with Crippen molar-refractivity contribution in [2.75, 3.05) is 0 Å². The Morgan fingerprint density at radius 1 is 1.22 bits per heavy atom. The van der Waals surface area contributed by atoms with E-state index in [1.165, 1.54) is 17.3 Å². The fraction of sp³-hybridized carbons (Fsp3) is 0.609. The van der Waals surface area contributed by atoms with Crippen molar-refractivity contribution in [1.29, 1.82) is 0 Å². The molecule has 0 bridgehead atoms. The first kappa shape index (κ1) is 22.5. The normalized spacial score (nSPS) is 19.4. The van der Waals surface area contributed by atoms with Gasteiger partial charge in [-0.2, -0.15) is 0 Å². The molecule has 0 spiro atoms. The number of carbonyl (C=O) groups is 1. The van der Waals surface area contributed by atoms with Crippen LogP contribution in [0.5, 0.6) is 0 Å². The van der Waals surface area contributed by atoms with Crippen LogP contribution in [0.15, 0.2) is 42.5 Å². The minimum atomic E-state index is -2.08. The Bertz CT molecular complexity index is 619. The van der Waals surface area contributed by atoms with Gasteiger partial charge in [0.2, 0.25) is 0 Å². The molecule has 1 unspecified atom stereocenters. The van der Waals surface area contributed by atoms with Gasteiger partial charge >= 0.3 is 174 Å². The Hall–Kier alpha value is -0.834. The second kappa shape index (κ2) is 10.1. The summed E-state index contributed by atoms with van der Waals surface area (Å²) in [6.07, 6.45) is 10.3. The molecule has 0 radical (unpaired) electrons. The molecule has 2 rings (SSSR count). The Kier molecular flexibility index (Phi) is 8.39. The number of carbonyl (C=O) groups excluding carboxylic acids is 1. The van der Waals surface area contributed by atoms with Gasteiger partial charge in [-0.15, -0.1) is 0 Å². The average molecular weight is 452 g/mol. The van der Waals surface area contributed by atoms with E-state index in [0.717, 1.165) is 24.6 Å². The molecule has 4 heteroatoms. The predicted octanol–water partition coefficient (Wildman–Crippen LogP) is 5.74. The number of hydrogen-bond donors (Lipinski definition) is 0.